The standard InChI is InChI=1S/C13H29N3/c1-5-13(10-14-6-2)16-9-8-15(7-3)12(4)11-16/h12-14H,5-11H2,1-4H3. The molecule has 1 aliphatic rings. The third-order valence-corrected chi connectivity index (χ3v) is 3.82. The molecular weight excluding hydrogens is 198 g/mol. The van der Waals surface area contributed by atoms with Crippen molar-refractivity contribution in [3.8, 4) is 0 Å². The molecule has 0 aliphatic carbocycles. The summed E-state index contributed by atoms with van der Waals surface area (Å²) in [6.07, 6.45) is 1.26. The summed E-state index contributed by atoms with van der Waals surface area (Å²) in [6.45, 7) is 16.2. The molecule has 0 aromatic rings. The van der Waals surface area contributed by atoms with E-state index in [9.17, 15) is 0 Å². The van der Waals surface area contributed by atoms with Crippen molar-refractivity contribution in [2.24, 2.45) is 0 Å². The first-order valence-corrected chi connectivity index (χ1v) is 6.91. The smallest absolute Gasteiger partial charge is 0.0219 e. The number of likely N-dealkylation sites (N-methyl/N-ethyl adjacent to an activating group) is 2. The molecule has 2 atom stereocenters. The summed E-state index contributed by atoms with van der Waals surface area (Å²) in [7, 11) is 0. The zero-order valence-electron chi connectivity index (χ0n) is 11.5. The maximum atomic E-state index is 3.48. The van der Waals surface area contributed by atoms with Gasteiger partial charge in [-0.05, 0) is 26.4 Å². The van der Waals surface area contributed by atoms with Crippen LogP contribution in [-0.2, 0) is 0 Å². The highest BCUT2D eigenvalue weighted by Crippen LogP contribution is 2.13. The van der Waals surface area contributed by atoms with E-state index < -0.39 is 0 Å². The first-order chi connectivity index (χ1) is 7.72. The van der Waals surface area contributed by atoms with Gasteiger partial charge in [0.2, 0.25) is 0 Å². The highest BCUT2D eigenvalue weighted by molar-refractivity contribution is 4.83. The maximum absolute atomic E-state index is 3.48. The van der Waals surface area contributed by atoms with Crippen molar-refractivity contribution < 1.29 is 0 Å². The predicted molar refractivity (Wildman–Crippen MR) is 70.9 cm³/mol. The molecule has 3 heteroatoms. The predicted octanol–water partition coefficient (Wildman–Crippen LogP) is 1.40. The summed E-state index contributed by atoms with van der Waals surface area (Å²) in [4.78, 5) is 5.25. The number of hydrogen-bond acceptors (Lipinski definition) is 3. The van der Waals surface area contributed by atoms with Gasteiger partial charge in [-0.2, -0.15) is 0 Å². The molecule has 16 heavy (non-hydrogen) atoms. The topological polar surface area (TPSA) is 18.5 Å². The maximum Gasteiger partial charge on any atom is 0.0219 e. The lowest BCUT2D eigenvalue weighted by Gasteiger charge is -2.43. The minimum atomic E-state index is 0.717. The fourth-order valence-corrected chi connectivity index (χ4v) is 2.67. The number of nitrogens with one attached hydrogen (secondary N) is 1. The second-order valence-electron chi connectivity index (χ2n) is 4.84. The van der Waals surface area contributed by atoms with Gasteiger partial charge in [0.05, 0.1) is 0 Å². The van der Waals surface area contributed by atoms with Gasteiger partial charge in [-0.15, -0.1) is 0 Å². The monoisotopic (exact) mass is 227 g/mol. The van der Waals surface area contributed by atoms with Gasteiger partial charge in [0, 0.05) is 38.3 Å². The van der Waals surface area contributed by atoms with Crippen molar-refractivity contribution in [3.05, 3.63) is 0 Å². The molecule has 1 rings (SSSR count). The van der Waals surface area contributed by atoms with Crippen molar-refractivity contribution in [1.82, 2.24) is 15.1 Å². The molecule has 1 N–H and O–H groups in total. The van der Waals surface area contributed by atoms with Crippen LogP contribution >= 0.6 is 0 Å². The Kier molecular flexibility index (Phi) is 6.32. The van der Waals surface area contributed by atoms with Crippen molar-refractivity contribution in [2.75, 3.05) is 39.3 Å². The highest BCUT2D eigenvalue weighted by Gasteiger charge is 2.26. The molecule has 0 amide bonds. The van der Waals surface area contributed by atoms with Crippen LogP contribution in [0.3, 0.4) is 0 Å². The molecule has 2 unspecified atom stereocenters. The van der Waals surface area contributed by atoms with Gasteiger partial charge < -0.3 is 5.32 Å². The van der Waals surface area contributed by atoms with Crippen LogP contribution < -0.4 is 5.32 Å². The number of hydrogen-bond donors (Lipinski definition) is 1. The van der Waals surface area contributed by atoms with Crippen LogP contribution in [0.1, 0.15) is 34.1 Å². The zero-order valence-corrected chi connectivity index (χ0v) is 11.5. The van der Waals surface area contributed by atoms with Crippen LogP contribution in [0.15, 0.2) is 0 Å². The first-order valence-electron chi connectivity index (χ1n) is 6.91. The number of nitrogens with zero attached hydrogens (tertiary/aromatic N) is 2. The van der Waals surface area contributed by atoms with Crippen LogP contribution in [0.2, 0.25) is 0 Å². The number of piperazine rings is 1. The van der Waals surface area contributed by atoms with E-state index in [2.05, 4.69) is 42.8 Å². The van der Waals surface area contributed by atoms with E-state index in [4.69, 9.17) is 0 Å². The van der Waals surface area contributed by atoms with E-state index in [-0.39, 0.29) is 0 Å². The van der Waals surface area contributed by atoms with Gasteiger partial charge >= 0.3 is 0 Å². The summed E-state index contributed by atoms with van der Waals surface area (Å²) in [5.74, 6) is 0. The Bertz CT molecular complexity index is 184. The van der Waals surface area contributed by atoms with Crippen molar-refractivity contribution in [3.63, 3.8) is 0 Å². The van der Waals surface area contributed by atoms with E-state index in [1.54, 1.807) is 0 Å². The van der Waals surface area contributed by atoms with Crippen LogP contribution in [0.5, 0.6) is 0 Å². The molecule has 1 fully saturated rings. The zero-order chi connectivity index (χ0) is 12.0. The molecule has 0 bridgehead atoms. The molecule has 1 heterocycles. The molecule has 0 aromatic carbocycles. The van der Waals surface area contributed by atoms with Crippen molar-refractivity contribution in [2.45, 2.75) is 46.2 Å². The van der Waals surface area contributed by atoms with Crippen LogP contribution in [0.25, 0.3) is 0 Å². The average Bonchev–Trinajstić information content (AvgIpc) is 2.30. The summed E-state index contributed by atoms with van der Waals surface area (Å²) in [6, 6.07) is 1.44. The quantitative estimate of drug-likeness (QED) is 0.740. The van der Waals surface area contributed by atoms with Crippen molar-refractivity contribution in [1.29, 1.82) is 0 Å². The molecule has 96 valence electrons. The van der Waals surface area contributed by atoms with Gasteiger partial charge in [-0.25, -0.2) is 0 Å². The molecular formula is C13H29N3. The third kappa shape index (κ3) is 3.72. The van der Waals surface area contributed by atoms with E-state index in [0.29, 0.717) is 0 Å². The molecule has 0 saturated carbocycles. The van der Waals surface area contributed by atoms with Gasteiger partial charge in [0.25, 0.3) is 0 Å². The van der Waals surface area contributed by atoms with Crippen LogP contribution in [0, 0.1) is 0 Å². The first kappa shape index (κ1) is 13.9. The third-order valence-electron chi connectivity index (χ3n) is 3.82. The van der Waals surface area contributed by atoms with Crippen LogP contribution in [-0.4, -0.2) is 61.2 Å². The molecule has 3 nitrogen and oxygen atoms in total. The second-order valence-corrected chi connectivity index (χ2v) is 4.84. The average molecular weight is 227 g/mol. The molecule has 0 aromatic heterocycles. The second kappa shape index (κ2) is 7.25. The molecule has 0 radical (unpaired) electrons. The fourth-order valence-electron chi connectivity index (χ4n) is 2.67. The molecule has 0 spiro atoms. The lowest BCUT2D eigenvalue weighted by Crippen LogP contribution is -2.56. The van der Waals surface area contributed by atoms with E-state index in [1.807, 2.05) is 0 Å². The SMILES string of the molecule is CCNCC(CC)N1CCN(CC)C(C)C1. The van der Waals surface area contributed by atoms with Gasteiger partial charge in [-0.3, -0.25) is 9.80 Å². The fraction of sp³-hybridized carbons (Fsp3) is 1.00. The normalized spacial score (nSPS) is 25.9. The Hall–Kier alpha value is -0.120. The lowest BCUT2D eigenvalue weighted by atomic mass is 10.1. The molecule has 1 aliphatic heterocycles. The Labute approximate surface area is 101 Å². The van der Waals surface area contributed by atoms with E-state index in [1.165, 1.54) is 32.6 Å². The highest BCUT2D eigenvalue weighted by atomic mass is 15.3. The summed E-state index contributed by atoms with van der Waals surface area (Å²) < 4.78 is 0. The Morgan fingerprint density at radius 2 is 2.00 bits per heavy atom. The minimum absolute atomic E-state index is 0.717. The van der Waals surface area contributed by atoms with Gasteiger partial charge in [0.1, 0.15) is 0 Å². The van der Waals surface area contributed by atoms with Gasteiger partial charge in [-0.1, -0.05) is 20.8 Å². The number of rotatable bonds is 6. The lowest BCUT2D eigenvalue weighted by molar-refractivity contribution is 0.0573. The van der Waals surface area contributed by atoms with E-state index >= 15 is 0 Å². The van der Waals surface area contributed by atoms with Crippen molar-refractivity contribution >= 4 is 0 Å². The Balaban J connectivity index is 2.41. The Morgan fingerprint density at radius 1 is 1.25 bits per heavy atom. The summed E-state index contributed by atoms with van der Waals surface area (Å²) in [5.41, 5.74) is 0. The summed E-state index contributed by atoms with van der Waals surface area (Å²) in [5, 5.41) is 3.48. The van der Waals surface area contributed by atoms with Gasteiger partial charge in [0.15, 0.2) is 0 Å². The largest absolute Gasteiger partial charge is 0.315 e. The summed E-state index contributed by atoms with van der Waals surface area (Å²) >= 11 is 0. The molecule has 1 saturated heterocycles. The Morgan fingerprint density at radius 3 is 2.50 bits per heavy atom. The van der Waals surface area contributed by atoms with Crippen LogP contribution in [0.4, 0.5) is 0 Å². The van der Waals surface area contributed by atoms with E-state index in [0.717, 1.165) is 25.2 Å². The minimum Gasteiger partial charge on any atom is -0.315 e.